The Bertz CT molecular complexity index is 217. The molecule has 0 radical (unpaired) electrons. The zero-order valence-electron chi connectivity index (χ0n) is 10.6. The first-order valence-electron chi connectivity index (χ1n) is 6.77. The molecule has 2 heterocycles. The standard InChI is InChI=1S/C12H25N3O2/c16-9-8-15-7-6-13(11-17)10-12(15)14-4-2-1-3-5-14/h12,16-17H,1-11H2. The van der Waals surface area contributed by atoms with Gasteiger partial charge >= 0.3 is 0 Å². The van der Waals surface area contributed by atoms with Gasteiger partial charge in [0.05, 0.1) is 19.5 Å². The summed E-state index contributed by atoms with van der Waals surface area (Å²) in [5, 5.41) is 18.4. The molecule has 100 valence electrons. The van der Waals surface area contributed by atoms with E-state index in [9.17, 15) is 5.11 Å². The van der Waals surface area contributed by atoms with E-state index in [1.54, 1.807) is 0 Å². The van der Waals surface area contributed by atoms with E-state index in [1.165, 1.54) is 19.3 Å². The third kappa shape index (κ3) is 3.39. The number of hydrogen-bond donors (Lipinski definition) is 2. The topological polar surface area (TPSA) is 50.2 Å². The quantitative estimate of drug-likeness (QED) is 0.688. The zero-order chi connectivity index (χ0) is 12.1. The van der Waals surface area contributed by atoms with E-state index in [4.69, 9.17) is 5.11 Å². The van der Waals surface area contributed by atoms with Crippen molar-refractivity contribution in [3.05, 3.63) is 0 Å². The monoisotopic (exact) mass is 243 g/mol. The maximum absolute atomic E-state index is 9.26. The summed E-state index contributed by atoms with van der Waals surface area (Å²) in [6, 6.07) is 0. The first-order chi connectivity index (χ1) is 8.35. The van der Waals surface area contributed by atoms with Crippen LogP contribution in [0.4, 0.5) is 0 Å². The maximum atomic E-state index is 9.26. The van der Waals surface area contributed by atoms with E-state index in [0.717, 1.165) is 39.3 Å². The molecule has 0 spiro atoms. The van der Waals surface area contributed by atoms with Gasteiger partial charge in [-0.3, -0.25) is 14.7 Å². The lowest BCUT2D eigenvalue weighted by molar-refractivity contribution is -0.0562. The summed E-state index contributed by atoms with van der Waals surface area (Å²) in [5.74, 6) is 0. The highest BCUT2D eigenvalue weighted by atomic mass is 16.3. The van der Waals surface area contributed by atoms with Crippen LogP contribution in [0, 0.1) is 0 Å². The number of rotatable bonds is 4. The SMILES string of the molecule is OCCN1CCN(CO)CC1N1CCCCC1. The van der Waals surface area contributed by atoms with E-state index in [1.807, 2.05) is 0 Å². The van der Waals surface area contributed by atoms with Crippen molar-refractivity contribution >= 4 is 0 Å². The van der Waals surface area contributed by atoms with Crippen LogP contribution in [0.15, 0.2) is 0 Å². The molecule has 5 heteroatoms. The van der Waals surface area contributed by atoms with Crippen LogP contribution >= 0.6 is 0 Å². The Hall–Kier alpha value is -0.200. The second-order valence-corrected chi connectivity index (χ2v) is 5.06. The van der Waals surface area contributed by atoms with E-state index in [0.29, 0.717) is 6.17 Å². The fraction of sp³-hybridized carbons (Fsp3) is 1.00. The molecule has 1 atom stereocenters. The van der Waals surface area contributed by atoms with Crippen molar-refractivity contribution in [3.8, 4) is 0 Å². The number of piperazine rings is 1. The van der Waals surface area contributed by atoms with E-state index < -0.39 is 0 Å². The van der Waals surface area contributed by atoms with Gasteiger partial charge in [0.1, 0.15) is 0 Å². The summed E-state index contributed by atoms with van der Waals surface area (Å²) in [7, 11) is 0. The lowest BCUT2D eigenvalue weighted by Crippen LogP contribution is -2.61. The van der Waals surface area contributed by atoms with Gasteiger partial charge in [0.2, 0.25) is 0 Å². The molecular weight excluding hydrogens is 218 g/mol. The average Bonchev–Trinajstić information content (AvgIpc) is 2.40. The van der Waals surface area contributed by atoms with Crippen molar-refractivity contribution in [3.63, 3.8) is 0 Å². The lowest BCUT2D eigenvalue weighted by Gasteiger charge is -2.47. The van der Waals surface area contributed by atoms with E-state index >= 15 is 0 Å². The van der Waals surface area contributed by atoms with Gasteiger partial charge in [0.25, 0.3) is 0 Å². The van der Waals surface area contributed by atoms with Gasteiger partial charge in [-0.2, -0.15) is 0 Å². The van der Waals surface area contributed by atoms with Crippen LogP contribution in [0.1, 0.15) is 19.3 Å². The highest BCUT2D eigenvalue weighted by molar-refractivity contribution is 4.83. The summed E-state index contributed by atoms with van der Waals surface area (Å²) in [4.78, 5) is 6.96. The average molecular weight is 243 g/mol. The highest BCUT2D eigenvalue weighted by Crippen LogP contribution is 2.18. The van der Waals surface area contributed by atoms with Crippen molar-refractivity contribution in [2.75, 3.05) is 52.6 Å². The minimum Gasteiger partial charge on any atom is -0.395 e. The normalized spacial score (nSPS) is 29.6. The Labute approximate surface area is 104 Å². The molecule has 17 heavy (non-hydrogen) atoms. The van der Waals surface area contributed by atoms with Crippen LogP contribution in [-0.2, 0) is 0 Å². The van der Waals surface area contributed by atoms with Gasteiger partial charge < -0.3 is 10.2 Å². The molecule has 0 saturated carbocycles. The number of likely N-dealkylation sites (tertiary alicyclic amines) is 1. The number of piperidine rings is 1. The van der Waals surface area contributed by atoms with Crippen LogP contribution in [0.25, 0.3) is 0 Å². The molecule has 0 aromatic heterocycles. The molecule has 2 aliphatic rings. The van der Waals surface area contributed by atoms with E-state index in [-0.39, 0.29) is 13.3 Å². The third-order valence-corrected chi connectivity index (χ3v) is 3.95. The smallest absolute Gasteiger partial charge is 0.0957 e. The molecule has 0 aromatic carbocycles. The van der Waals surface area contributed by atoms with Crippen molar-refractivity contribution in [2.24, 2.45) is 0 Å². The molecule has 2 fully saturated rings. The van der Waals surface area contributed by atoms with Gasteiger partial charge in [-0.1, -0.05) is 6.42 Å². The summed E-state index contributed by atoms with van der Waals surface area (Å²) in [6.07, 6.45) is 4.28. The highest BCUT2D eigenvalue weighted by Gasteiger charge is 2.31. The fourth-order valence-corrected chi connectivity index (χ4v) is 2.94. The minimum atomic E-state index is 0.150. The molecule has 2 aliphatic heterocycles. The van der Waals surface area contributed by atoms with Gasteiger partial charge in [-0.15, -0.1) is 0 Å². The summed E-state index contributed by atoms with van der Waals surface area (Å²) in [6.45, 7) is 6.19. The van der Waals surface area contributed by atoms with Crippen molar-refractivity contribution in [1.29, 1.82) is 0 Å². The zero-order valence-corrected chi connectivity index (χ0v) is 10.6. The largest absolute Gasteiger partial charge is 0.395 e. The Morgan fingerprint density at radius 3 is 2.35 bits per heavy atom. The van der Waals surface area contributed by atoms with Gasteiger partial charge in [0, 0.05) is 26.2 Å². The Kier molecular flexibility index (Phi) is 5.18. The number of aliphatic hydroxyl groups is 2. The molecule has 0 bridgehead atoms. The first-order valence-corrected chi connectivity index (χ1v) is 6.77. The van der Waals surface area contributed by atoms with Crippen molar-refractivity contribution in [2.45, 2.75) is 25.4 Å². The molecule has 0 aliphatic carbocycles. The maximum Gasteiger partial charge on any atom is 0.0957 e. The number of nitrogens with zero attached hydrogens (tertiary/aromatic N) is 3. The van der Waals surface area contributed by atoms with Crippen LogP contribution in [-0.4, -0.2) is 83.7 Å². The lowest BCUT2D eigenvalue weighted by atomic mass is 10.1. The van der Waals surface area contributed by atoms with Crippen molar-refractivity contribution in [1.82, 2.24) is 14.7 Å². The molecule has 0 aromatic rings. The molecule has 5 nitrogen and oxygen atoms in total. The first kappa shape index (κ1) is 13.2. The molecule has 2 N–H and O–H groups in total. The van der Waals surface area contributed by atoms with Crippen LogP contribution in [0.3, 0.4) is 0 Å². The predicted molar refractivity (Wildman–Crippen MR) is 66.5 cm³/mol. The molecule has 2 rings (SSSR count). The Morgan fingerprint density at radius 2 is 1.71 bits per heavy atom. The predicted octanol–water partition coefficient (Wildman–Crippen LogP) is -0.642. The van der Waals surface area contributed by atoms with Crippen molar-refractivity contribution < 1.29 is 10.2 Å². The fourth-order valence-electron chi connectivity index (χ4n) is 2.94. The van der Waals surface area contributed by atoms with Crippen LogP contribution in [0.5, 0.6) is 0 Å². The molecular formula is C12H25N3O2. The Balaban J connectivity index is 1.96. The van der Waals surface area contributed by atoms with E-state index in [2.05, 4.69) is 14.7 Å². The van der Waals surface area contributed by atoms with Gasteiger partial charge in [-0.25, -0.2) is 0 Å². The number of hydrogen-bond acceptors (Lipinski definition) is 5. The van der Waals surface area contributed by atoms with Crippen LogP contribution < -0.4 is 0 Å². The van der Waals surface area contributed by atoms with Crippen LogP contribution in [0.2, 0.25) is 0 Å². The molecule has 0 amide bonds. The summed E-state index contributed by atoms with van der Waals surface area (Å²) < 4.78 is 0. The second kappa shape index (κ2) is 6.66. The molecule has 1 unspecified atom stereocenters. The Morgan fingerprint density at radius 1 is 0.941 bits per heavy atom. The third-order valence-electron chi connectivity index (χ3n) is 3.95. The summed E-state index contributed by atoms with van der Waals surface area (Å²) in [5.41, 5.74) is 0. The summed E-state index contributed by atoms with van der Waals surface area (Å²) >= 11 is 0. The minimum absolute atomic E-state index is 0.150. The number of β-amino-alcohol motifs (C(OH)–C–C–N with tert-alkyl or cyclic N) is 1. The van der Waals surface area contributed by atoms with Gasteiger partial charge in [0.15, 0.2) is 0 Å². The number of aliphatic hydroxyl groups excluding tert-OH is 2. The second-order valence-electron chi connectivity index (χ2n) is 5.06. The van der Waals surface area contributed by atoms with Gasteiger partial charge in [-0.05, 0) is 25.9 Å². The molecule has 2 saturated heterocycles.